The van der Waals surface area contributed by atoms with E-state index in [2.05, 4.69) is 18.7 Å². The molecule has 0 bridgehead atoms. The lowest BCUT2D eigenvalue weighted by Gasteiger charge is -2.35. The molecule has 0 radical (unpaired) electrons. The second-order valence-corrected chi connectivity index (χ2v) is 10.8. The number of hydrogen-bond donors (Lipinski definition) is 0. The fraction of sp³-hybridized carbons (Fsp3) is 0.517. The summed E-state index contributed by atoms with van der Waals surface area (Å²) in [6.45, 7) is 10.3. The molecule has 1 atom stereocenters. The van der Waals surface area contributed by atoms with Crippen molar-refractivity contribution in [3.63, 3.8) is 0 Å². The Hall–Kier alpha value is -2.77. The predicted octanol–water partition coefficient (Wildman–Crippen LogP) is 5.32. The van der Waals surface area contributed by atoms with E-state index in [1.807, 2.05) is 35.2 Å². The third-order valence-electron chi connectivity index (χ3n) is 6.55. The zero-order chi connectivity index (χ0) is 26.4. The number of carbonyl (C=O) groups is 2. The zero-order valence-corrected chi connectivity index (χ0v) is 22.8. The van der Waals surface area contributed by atoms with Gasteiger partial charge in [-0.05, 0) is 60.7 Å². The number of ether oxygens (including phenoxy) is 3. The predicted molar refractivity (Wildman–Crippen MR) is 143 cm³/mol. The van der Waals surface area contributed by atoms with Crippen LogP contribution in [0.15, 0.2) is 36.4 Å². The molecule has 0 aliphatic carbocycles. The first-order valence-electron chi connectivity index (χ1n) is 13.1. The highest BCUT2D eigenvalue weighted by Crippen LogP contribution is 2.38. The van der Waals surface area contributed by atoms with Gasteiger partial charge in [0.2, 0.25) is 5.91 Å². The van der Waals surface area contributed by atoms with Crippen molar-refractivity contribution in [1.82, 2.24) is 9.80 Å². The lowest BCUT2D eigenvalue weighted by Crippen LogP contribution is -2.45. The molecule has 1 saturated heterocycles. The molecule has 2 aliphatic rings. The van der Waals surface area contributed by atoms with Crippen LogP contribution in [-0.4, -0.2) is 54.5 Å². The molecule has 1 fully saturated rings. The Labute approximate surface area is 224 Å². The van der Waals surface area contributed by atoms with Crippen molar-refractivity contribution >= 4 is 23.5 Å². The van der Waals surface area contributed by atoms with Crippen LogP contribution in [0.2, 0.25) is 5.02 Å². The summed E-state index contributed by atoms with van der Waals surface area (Å²) in [6, 6.07) is 11.4. The van der Waals surface area contributed by atoms with Crippen molar-refractivity contribution in [2.45, 2.75) is 53.1 Å². The highest BCUT2D eigenvalue weighted by Gasteiger charge is 2.30. The number of likely N-dealkylation sites (tertiary alicyclic amines) is 1. The fourth-order valence-electron chi connectivity index (χ4n) is 5.06. The largest absolute Gasteiger partial charge is 0.489 e. The first kappa shape index (κ1) is 27.3. The van der Waals surface area contributed by atoms with E-state index in [0.29, 0.717) is 67.6 Å². The number of hydrogen-bond acceptors (Lipinski definition) is 6. The van der Waals surface area contributed by atoms with Gasteiger partial charge in [-0.3, -0.25) is 14.5 Å². The summed E-state index contributed by atoms with van der Waals surface area (Å²) in [5, 5.41) is 0.520. The van der Waals surface area contributed by atoms with Gasteiger partial charge >= 0.3 is 5.97 Å². The van der Waals surface area contributed by atoms with E-state index >= 15 is 0 Å². The Bertz CT molecular complexity index is 1110. The molecule has 2 aliphatic heterocycles. The molecule has 0 spiro atoms. The number of esters is 1. The monoisotopic (exact) mass is 528 g/mol. The molecular weight excluding hydrogens is 492 g/mol. The first-order chi connectivity index (χ1) is 17.8. The minimum absolute atomic E-state index is 0.0694. The van der Waals surface area contributed by atoms with Gasteiger partial charge in [-0.15, -0.1) is 0 Å². The fourth-order valence-corrected chi connectivity index (χ4v) is 5.35. The Morgan fingerprint density at radius 1 is 1.14 bits per heavy atom. The summed E-state index contributed by atoms with van der Waals surface area (Å²) in [5.74, 6) is 1.90. The van der Waals surface area contributed by atoms with Gasteiger partial charge in [0.1, 0.15) is 5.75 Å². The summed E-state index contributed by atoms with van der Waals surface area (Å²) < 4.78 is 16.9. The average molecular weight is 529 g/mol. The highest BCUT2D eigenvalue weighted by molar-refractivity contribution is 6.32. The molecule has 0 N–H and O–H groups in total. The Kier molecular flexibility index (Phi) is 9.33. The van der Waals surface area contributed by atoms with Gasteiger partial charge in [0.05, 0.1) is 24.2 Å². The van der Waals surface area contributed by atoms with Crippen LogP contribution in [-0.2, 0) is 22.7 Å². The normalized spacial score (nSPS) is 17.8. The molecule has 0 aromatic heterocycles. The van der Waals surface area contributed by atoms with Gasteiger partial charge in [0, 0.05) is 39.5 Å². The van der Waals surface area contributed by atoms with Crippen LogP contribution in [0.25, 0.3) is 0 Å². The SMILES string of the molecule is CC(=O)Oc1cccc(CN2CCC[C@@H](C(=O)N(Cc3cc(Cl)c4c(c3)OCCCO4)CC(C)C)C2)c1. The van der Waals surface area contributed by atoms with E-state index < -0.39 is 0 Å². The van der Waals surface area contributed by atoms with Crippen LogP contribution in [0.5, 0.6) is 17.2 Å². The Balaban J connectivity index is 1.45. The van der Waals surface area contributed by atoms with E-state index in [-0.39, 0.29) is 17.8 Å². The van der Waals surface area contributed by atoms with Crippen molar-refractivity contribution in [1.29, 1.82) is 0 Å². The molecule has 2 heterocycles. The molecule has 1 amide bonds. The first-order valence-corrected chi connectivity index (χ1v) is 13.5. The number of carbonyl (C=O) groups excluding carboxylic acids is 2. The van der Waals surface area contributed by atoms with E-state index in [9.17, 15) is 9.59 Å². The van der Waals surface area contributed by atoms with Crippen molar-refractivity contribution in [2.24, 2.45) is 11.8 Å². The maximum absolute atomic E-state index is 13.8. The van der Waals surface area contributed by atoms with Crippen molar-refractivity contribution < 1.29 is 23.8 Å². The maximum Gasteiger partial charge on any atom is 0.308 e. The molecule has 0 saturated carbocycles. The van der Waals surface area contributed by atoms with Gasteiger partial charge in [0.15, 0.2) is 11.5 Å². The minimum atomic E-state index is -0.333. The standard InChI is InChI=1S/C29H37ClN2O5/c1-20(2)16-32(18-23-14-26(30)28-27(15-23)35-11-6-12-36-28)29(34)24-8-5-10-31(19-24)17-22-7-4-9-25(13-22)37-21(3)33/h4,7,9,13-15,20,24H,5-6,8,10-12,16-19H2,1-3H3/t24-/m1/s1. The Morgan fingerprint density at radius 2 is 1.95 bits per heavy atom. The number of amides is 1. The second kappa shape index (κ2) is 12.7. The minimum Gasteiger partial charge on any atom is -0.489 e. The molecule has 8 heteroatoms. The zero-order valence-electron chi connectivity index (χ0n) is 22.0. The lowest BCUT2D eigenvalue weighted by molar-refractivity contribution is -0.138. The van der Waals surface area contributed by atoms with Crippen LogP contribution >= 0.6 is 11.6 Å². The van der Waals surface area contributed by atoms with Crippen LogP contribution in [0.1, 0.15) is 51.2 Å². The molecule has 200 valence electrons. The molecule has 2 aromatic rings. The third-order valence-corrected chi connectivity index (χ3v) is 6.83. The van der Waals surface area contributed by atoms with Gasteiger partial charge in [0.25, 0.3) is 0 Å². The van der Waals surface area contributed by atoms with Crippen molar-refractivity contribution in [2.75, 3.05) is 32.8 Å². The number of halogens is 1. The number of piperidine rings is 1. The quantitative estimate of drug-likeness (QED) is 0.341. The summed E-state index contributed by atoms with van der Waals surface area (Å²) in [6.07, 6.45) is 2.65. The van der Waals surface area contributed by atoms with E-state index in [0.717, 1.165) is 36.9 Å². The van der Waals surface area contributed by atoms with E-state index in [1.165, 1.54) is 6.92 Å². The van der Waals surface area contributed by atoms with E-state index in [4.69, 9.17) is 25.8 Å². The number of benzene rings is 2. The Morgan fingerprint density at radius 3 is 2.73 bits per heavy atom. The smallest absolute Gasteiger partial charge is 0.308 e. The lowest BCUT2D eigenvalue weighted by atomic mass is 9.95. The van der Waals surface area contributed by atoms with E-state index in [1.54, 1.807) is 6.07 Å². The summed E-state index contributed by atoms with van der Waals surface area (Å²) in [5.41, 5.74) is 2.01. The van der Waals surface area contributed by atoms with Crippen LogP contribution in [0.4, 0.5) is 0 Å². The molecule has 37 heavy (non-hydrogen) atoms. The summed E-state index contributed by atoms with van der Waals surface area (Å²) in [4.78, 5) is 29.4. The third kappa shape index (κ3) is 7.62. The van der Waals surface area contributed by atoms with Gasteiger partial charge in [-0.1, -0.05) is 37.6 Å². The summed E-state index contributed by atoms with van der Waals surface area (Å²) >= 11 is 6.53. The molecule has 0 unspecified atom stereocenters. The number of nitrogens with zero attached hydrogens (tertiary/aromatic N) is 2. The maximum atomic E-state index is 13.8. The molecule has 4 rings (SSSR count). The van der Waals surface area contributed by atoms with Gasteiger partial charge < -0.3 is 19.1 Å². The average Bonchev–Trinajstić information content (AvgIpc) is 3.09. The van der Waals surface area contributed by atoms with Gasteiger partial charge in [-0.25, -0.2) is 0 Å². The number of fused-ring (bicyclic) bond motifs is 1. The van der Waals surface area contributed by atoms with Gasteiger partial charge in [-0.2, -0.15) is 0 Å². The molecule has 7 nitrogen and oxygen atoms in total. The highest BCUT2D eigenvalue weighted by atomic mass is 35.5. The summed E-state index contributed by atoms with van der Waals surface area (Å²) in [7, 11) is 0. The van der Waals surface area contributed by atoms with Crippen molar-refractivity contribution in [3.05, 3.63) is 52.5 Å². The van der Waals surface area contributed by atoms with Crippen LogP contribution in [0.3, 0.4) is 0 Å². The van der Waals surface area contributed by atoms with Crippen LogP contribution < -0.4 is 14.2 Å². The van der Waals surface area contributed by atoms with Crippen LogP contribution in [0, 0.1) is 11.8 Å². The molecule has 2 aromatic carbocycles. The van der Waals surface area contributed by atoms with Crippen molar-refractivity contribution in [3.8, 4) is 17.2 Å². The molecular formula is C29H37ClN2O5. The number of rotatable bonds is 8. The second-order valence-electron chi connectivity index (χ2n) is 10.4. The topological polar surface area (TPSA) is 68.3 Å².